The first-order valence-corrected chi connectivity index (χ1v) is 9.90. The van der Waals surface area contributed by atoms with Crippen LogP contribution < -0.4 is 5.32 Å². The van der Waals surface area contributed by atoms with Crippen LogP contribution in [0.5, 0.6) is 0 Å². The molecule has 1 fully saturated rings. The highest BCUT2D eigenvalue weighted by molar-refractivity contribution is 7.91. The molecule has 1 N–H and O–H groups in total. The molecule has 0 spiro atoms. The molecule has 6 heteroatoms. The molecule has 2 rings (SSSR count). The second-order valence-electron chi connectivity index (χ2n) is 6.11. The van der Waals surface area contributed by atoms with Gasteiger partial charge in [-0.3, -0.25) is 4.79 Å². The number of rotatable bonds is 6. The van der Waals surface area contributed by atoms with E-state index in [4.69, 9.17) is 0 Å². The van der Waals surface area contributed by atoms with E-state index in [1.165, 1.54) is 0 Å². The van der Waals surface area contributed by atoms with Crippen molar-refractivity contribution in [3.8, 4) is 0 Å². The molecule has 0 radical (unpaired) electrons. The lowest BCUT2D eigenvalue weighted by Gasteiger charge is -2.32. The molecule has 128 valence electrons. The zero-order chi connectivity index (χ0) is 16.9. The molecular formula is C17H26N2O3S. The van der Waals surface area contributed by atoms with E-state index in [1.54, 1.807) is 29.2 Å². The van der Waals surface area contributed by atoms with Crippen LogP contribution in [0.2, 0.25) is 0 Å². The largest absolute Gasteiger partial charge is 0.339 e. The number of carbonyl (C=O) groups is 1. The number of benzene rings is 1. The molecule has 1 aliphatic rings. The lowest BCUT2D eigenvalue weighted by molar-refractivity contribution is 0.0687. The van der Waals surface area contributed by atoms with Crippen molar-refractivity contribution in [1.29, 1.82) is 0 Å². The number of amides is 1. The van der Waals surface area contributed by atoms with Gasteiger partial charge in [0.1, 0.15) is 0 Å². The molecule has 0 unspecified atom stereocenters. The molecule has 23 heavy (non-hydrogen) atoms. The summed E-state index contributed by atoms with van der Waals surface area (Å²) in [7, 11) is -1.46. The van der Waals surface area contributed by atoms with Crippen LogP contribution in [-0.4, -0.2) is 51.7 Å². The Balaban J connectivity index is 2.18. The van der Waals surface area contributed by atoms with Gasteiger partial charge in [-0.25, -0.2) is 8.42 Å². The van der Waals surface area contributed by atoms with Gasteiger partial charge in [0.05, 0.1) is 16.2 Å². The van der Waals surface area contributed by atoms with Gasteiger partial charge in [-0.2, -0.15) is 0 Å². The quantitative estimate of drug-likeness (QED) is 0.861. The summed E-state index contributed by atoms with van der Waals surface area (Å²) in [6.07, 6.45) is 2.45. The molecule has 1 heterocycles. The van der Waals surface area contributed by atoms with Crippen molar-refractivity contribution in [1.82, 2.24) is 10.2 Å². The van der Waals surface area contributed by atoms with Crippen molar-refractivity contribution in [2.45, 2.75) is 31.1 Å². The highest BCUT2D eigenvalue weighted by Gasteiger charge is 2.27. The summed E-state index contributed by atoms with van der Waals surface area (Å²) in [5.41, 5.74) is 0.313. The van der Waals surface area contributed by atoms with Crippen molar-refractivity contribution in [2.75, 3.05) is 32.4 Å². The Morgan fingerprint density at radius 1 is 1.26 bits per heavy atom. The second kappa shape index (κ2) is 7.93. The first kappa shape index (κ1) is 17.9. The lowest BCUT2D eigenvalue weighted by atomic mass is 9.96. The third-order valence-corrected chi connectivity index (χ3v) is 6.29. The maximum atomic E-state index is 12.8. The van der Waals surface area contributed by atoms with E-state index in [2.05, 4.69) is 5.32 Å². The predicted molar refractivity (Wildman–Crippen MR) is 91.3 cm³/mol. The van der Waals surface area contributed by atoms with Crippen molar-refractivity contribution < 1.29 is 13.2 Å². The molecule has 5 nitrogen and oxygen atoms in total. The van der Waals surface area contributed by atoms with Crippen molar-refractivity contribution >= 4 is 15.7 Å². The number of sulfone groups is 1. The molecule has 1 aliphatic heterocycles. The van der Waals surface area contributed by atoms with Gasteiger partial charge in [0.25, 0.3) is 5.91 Å². The van der Waals surface area contributed by atoms with E-state index in [0.717, 1.165) is 19.4 Å². The zero-order valence-corrected chi connectivity index (χ0v) is 14.7. The fourth-order valence-corrected chi connectivity index (χ4v) is 4.63. The summed E-state index contributed by atoms with van der Waals surface area (Å²) in [5.74, 6) is 0.493. The second-order valence-corrected chi connectivity index (χ2v) is 8.19. The Bertz CT molecular complexity index is 635. The highest BCUT2D eigenvalue weighted by Crippen LogP contribution is 2.23. The average molecular weight is 338 g/mol. The molecule has 0 aromatic heterocycles. The van der Waals surface area contributed by atoms with Gasteiger partial charge in [0.2, 0.25) is 0 Å². The topological polar surface area (TPSA) is 66.5 Å². The van der Waals surface area contributed by atoms with E-state index >= 15 is 0 Å². The maximum absolute atomic E-state index is 12.8. The number of nitrogens with one attached hydrogen (secondary N) is 1. The Morgan fingerprint density at radius 3 is 2.52 bits per heavy atom. The smallest absolute Gasteiger partial charge is 0.255 e. The monoisotopic (exact) mass is 338 g/mol. The van der Waals surface area contributed by atoms with Crippen LogP contribution in [0.3, 0.4) is 0 Å². The number of likely N-dealkylation sites (tertiary alicyclic amines) is 1. The summed E-state index contributed by atoms with van der Waals surface area (Å²) in [6.45, 7) is 4.17. The Hall–Kier alpha value is -1.40. The predicted octanol–water partition coefficient (Wildman–Crippen LogP) is 1.94. The van der Waals surface area contributed by atoms with E-state index in [0.29, 0.717) is 31.0 Å². The molecule has 0 bridgehead atoms. The van der Waals surface area contributed by atoms with Gasteiger partial charge < -0.3 is 10.2 Å². The average Bonchev–Trinajstić information content (AvgIpc) is 2.55. The Morgan fingerprint density at radius 2 is 1.91 bits per heavy atom. The van der Waals surface area contributed by atoms with Gasteiger partial charge in [0.15, 0.2) is 9.84 Å². The van der Waals surface area contributed by atoms with E-state index in [9.17, 15) is 13.2 Å². The number of piperidine rings is 1. The molecule has 1 amide bonds. The van der Waals surface area contributed by atoms with Gasteiger partial charge in [-0.15, -0.1) is 0 Å². The van der Waals surface area contributed by atoms with Crippen LogP contribution in [0.25, 0.3) is 0 Å². The molecule has 0 saturated carbocycles. The van der Waals surface area contributed by atoms with Crippen LogP contribution in [0, 0.1) is 5.92 Å². The van der Waals surface area contributed by atoms with Crippen LogP contribution in [-0.2, 0) is 9.84 Å². The fourth-order valence-electron chi connectivity index (χ4n) is 3.09. The standard InChI is InChI=1S/C17H26N2O3S/c1-3-12-23(21,22)16-7-5-4-6-15(16)17(20)19-10-8-14(9-11-19)13-18-2/h4-7,14,18H,3,8-13H2,1-2H3. The van der Waals surface area contributed by atoms with Crippen LogP contribution >= 0.6 is 0 Å². The molecule has 1 aromatic carbocycles. The Kier molecular flexibility index (Phi) is 6.18. The minimum Gasteiger partial charge on any atom is -0.339 e. The number of carbonyl (C=O) groups excluding carboxylic acids is 1. The van der Waals surface area contributed by atoms with Crippen molar-refractivity contribution in [2.24, 2.45) is 5.92 Å². The van der Waals surface area contributed by atoms with Crippen LogP contribution in [0.15, 0.2) is 29.2 Å². The summed E-state index contributed by atoms with van der Waals surface area (Å²) in [4.78, 5) is 14.7. The molecular weight excluding hydrogens is 312 g/mol. The molecule has 1 aromatic rings. The first-order chi connectivity index (χ1) is 11.0. The highest BCUT2D eigenvalue weighted by atomic mass is 32.2. The summed E-state index contributed by atoms with van der Waals surface area (Å²) < 4.78 is 24.8. The maximum Gasteiger partial charge on any atom is 0.255 e. The van der Waals surface area contributed by atoms with E-state index in [-0.39, 0.29) is 16.6 Å². The minimum atomic E-state index is -3.40. The summed E-state index contributed by atoms with van der Waals surface area (Å²) in [5, 5.41) is 3.17. The van der Waals surface area contributed by atoms with E-state index in [1.807, 2.05) is 14.0 Å². The number of hydrogen-bond donors (Lipinski definition) is 1. The zero-order valence-electron chi connectivity index (χ0n) is 13.9. The third kappa shape index (κ3) is 4.32. The fraction of sp³-hybridized carbons (Fsp3) is 0.588. The number of nitrogens with zero attached hydrogens (tertiary/aromatic N) is 1. The van der Waals surface area contributed by atoms with Crippen molar-refractivity contribution in [3.05, 3.63) is 29.8 Å². The van der Waals surface area contributed by atoms with Gasteiger partial charge >= 0.3 is 0 Å². The molecule has 1 saturated heterocycles. The first-order valence-electron chi connectivity index (χ1n) is 8.25. The normalized spacial score (nSPS) is 16.5. The van der Waals surface area contributed by atoms with Crippen LogP contribution in [0.4, 0.5) is 0 Å². The van der Waals surface area contributed by atoms with Crippen LogP contribution in [0.1, 0.15) is 36.5 Å². The number of hydrogen-bond acceptors (Lipinski definition) is 4. The SMILES string of the molecule is CCCS(=O)(=O)c1ccccc1C(=O)N1CCC(CNC)CC1. The van der Waals surface area contributed by atoms with Gasteiger partial charge in [-0.1, -0.05) is 19.1 Å². The molecule has 0 aliphatic carbocycles. The molecule has 0 atom stereocenters. The summed E-state index contributed by atoms with van der Waals surface area (Å²) >= 11 is 0. The van der Waals surface area contributed by atoms with Crippen molar-refractivity contribution in [3.63, 3.8) is 0 Å². The Labute approximate surface area is 139 Å². The summed E-state index contributed by atoms with van der Waals surface area (Å²) in [6, 6.07) is 6.58. The van der Waals surface area contributed by atoms with Gasteiger partial charge in [-0.05, 0) is 50.9 Å². The third-order valence-electron chi connectivity index (χ3n) is 4.32. The van der Waals surface area contributed by atoms with Gasteiger partial charge in [0, 0.05) is 13.1 Å². The minimum absolute atomic E-state index is 0.0710. The lowest BCUT2D eigenvalue weighted by Crippen LogP contribution is -2.40. The van der Waals surface area contributed by atoms with E-state index < -0.39 is 9.84 Å².